The van der Waals surface area contributed by atoms with Gasteiger partial charge in [-0.05, 0) is 19.1 Å². The van der Waals surface area contributed by atoms with Crippen LogP contribution in [-0.2, 0) is 6.18 Å². The maximum absolute atomic E-state index is 12.8. The van der Waals surface area contributed by atoms with Gasteiger partial charge in [0.1, 0.15) is 17.1 Å². The van der Waals surface area contributed by atoms with Crippen molar-refractivity contribution in [1.82, 2.24) is 0 Å². The van der Waals surface area contributed by atoms with Crippen LogP contribution in [0.25, 0.3) is 0 Å². The average molecular weight is 260 g/mol. The molecule has 0 heterocycles. The van der Waals surface area contributed by atoms with Gasteiger partial charge in [0.25, 0.3) is 0 Å². The van der Waals surface area contributed by atoms with E-state index in [4.69, 9.17) is 5.73 Å². The predicted molar refractivity (Wildman–Crippen MR) is 52.9 cm³/mol. The molecule has 0 fully saturated rings. The molecular formula is C9H10ClF4NO. The van der Waals surface area contributed by atoms with Crippen molar-refractivity contribution in [1.29, 1.82) is 0 Å². The van der Waals surface area contributed by atoms with Crippen LogP contribution < -0.4 is 5.73 Å². The van der Waals surface area contributed by atoms with E-state index >= 15 is 0 Å². The minimum absolute atomic E-state index is 0. The Hall–Kier alpha value is -1.01. The maximum Gasteiger partial charge on any atom is 0.420 e. The van der Waals surface area contributed by atoms with Gasteiger partial charge in [0.2, 0.25) is 0 Å². The Morgan fingerprint density at radius 3 is 2.19 bits per heavy atom. The number of benzene rings is 1. The number of phenolic OH excluding ortho intramolecular Hbond substituents is 1. The number of alkyl halides is 3. The first kappa shape index (κ1) is 15.0. The van der Waals surface area contributed by atoms with E-state index < -0.39 is 29.3 Å². The van der Waals surface area contributed by atoms with Crippen molar-refractivity contribution in [3.8, 4) is 5.75 Å². The second kappa shape index (κ2) is 4.88. The summed E-state index contributed by atoms with van der Waals surface area (Å²) in [5.41, 5.74) is 3.63. The summed E-state index contributed by atoms with van der Waals surface area (Å²) < 4.78 is 49.7. The topological polar surface area (TPSA) is 46.2 Å². The molecule has 0 saturated heterocycles. The summed E-state index contributed by atoms with van der Waals surface area (Å²) in [5.74, 6) is -2.09. The molecule has 92 valence electrons. The minimum Gasteiger partial charge on any atom is -0.507 e. The highest BCUT2D eigenvalue weighted by Gasteiger charge is 2.35. The zero-order chi connectivity index (χ0) is 11.8. The van der Waals surface area contributed by atoms with Crippen LogP contribution in [0.2, 0.25) is 0 Å². The first-order chi connectivity index (χ1) is 6.73. The third kappa shape index (κ3) is 2.99. The van der Waals surface area contributed by atoms with Crippen molar-refractivity contribution >= 4 is 12.4 Å². The summed E-state index contributed by atoms with van der Waals surface area (Å²) in [4.78, 5) is 0. The Morgan fingerprint density at radius 2 is 1.81 bits per heavy atom. The van der Waals surface area contributed by atoms with Gasteiger partial charge in [0.05, 0.1) is 0 Å². The van der Waals surface area contributed by atoms with Gasteiger partial charge in [-0.1, -0.05) is 0 Å². The number of rotatable bonds is 1. The van der Waals surface area contributed by atoms with Gasteiger partial charge in [-0.25, -0.2) is 4.39 Å². The highest BCUT2D eigenvalue weighted by atomic mass is 35.5. The Labute approximate surface area is 95.5 Å². The molecular weight excluding hydrogens is 250 g/mol. The Bertz CT molecular complexity index is 379. The second-order valence-corrected chi connectivity index (χ2v) is 3.18. The normalized spacial score (nSPS) is 13.1. The van der Waals surface area contributed by atoms with E-state index in [0.29, 0.717) is 0 Å². The van der Waals surface area contributed by atoms with E-state index in [1.807, 2.05) is 0 Å². The van der Waals surface area contributed by atoms with Crippen molar-refractivity contribution in [3.63, 3.8) is 0 Å². The van der Waals surface area contributed by atoms with Crippen LogP contribution in [0.15, 0.2) is 12.1 Å². The fourth-order valence-electron chi connectivity index (χ4n) is 1.18. The molecule has 7 heteroatoms. The molecule has 1 aromatic rings. The third-order valence-corrected chi connectivity index (χ3v) is 1.90. The maximum atomic E-state index is 12.8. The molecule has 0 radical (unpaired) electrons. The molecule has 0 amide bonds. The summed E-state index contributed by atoms with van der Waals surface area (Å²) >= 11 is 0. The first-order valence-electron chi connectivity index (χ1n) is 4.08. The van der Waals surface area contributed by atoms with Crippen LogP contribution in [0.1, 0.15) is 24.1 Å². The Balaban J connectivity index is 0.00000225. The van der Waals surface area contributed by atoms with Gasteiger partial charge in [-0.3, -0.25) is 0 Å². The highest BCUT2D eigenvalue weighted by Crippen LogP contribution is 2.39. The highest BCUT2D eigenvalue weighted by molar-refractivity contribution is 5.85. The van der Waals surface area contributed by atoms with Gasteiger partial charge >= 0.3 is 6.18 Å². The van der Waals surface area contributed by atoms with E-state index in [-0.39, 0.29) is 24.0 Å². The van der Waals surface area contributed by atoms with E-state index in [1.54, 1.807) is 0 Å². The summed E-state index contributed by atoms with van der Waals surface area (Å²) in [6, 6.07) is 0.151. The van der Waals surface area contributed by atoms with Crippen LogP contribution in [0.5, 0.6) is 5.75 Å². The van der Waals surface area contributed by atoms with Crippen molar-refractivity contribution in [3.05, 3.63) is 29.1 Å². The molecule has 0 bridgehead atoms. The molecule has 1 rings (SSSR count). The van der Waals surface area contributed by atoms with Crippen molar-refractivity contribution in [2.75, 3.05) is 0 Å². The van der Waals surface area contributed by atoms with Crippen molar-refractivity contribution in [2.45, 2.75) is 19.1 Å². The summed E-state index contributed by atoms with van der Waals surface area (Å²) in [5, 5.41) is 9.25. The largest absolute Gasteiger partial charge is 0.507 e. The van der Waals surface area contributed by atoms with Gasteiger partial charge in [0.15, 0.2) is 0 Å². The van der Waals surface area contributed by atoms with Crippen molar-refractivity contribution in [2.24, 2.45) is 5.73 Å². The van der Waals surface area contributed by atoms with E-state index in [2.05, 4.69) is 0 Å². The van der Waals surface area contributed by atoms with E-state index in [1.165, 1.54) is 6.92 Å². The number of aromatic hydroxyl groups is 1. The summed E-state index contributed by atoms with van der Waals surface area (Å²) in [7, 11) is 0. The van der Waals surface area contributed by atoms with E-state index in [0.717, 1.165) is 6.07 Å². The molecule has 3 N–H and O–H groups in total. The lowest BCUT2D eigenvalue weighted by molar-refractivity contribution is -0.139. The smallest absolute Gasteiger partial charge is 0.420 e. The van der Waals surface area contributed by atoms with Gasteiger partial charge in [0, 0.05) is 11.6 Å². The lowest BCUT2D eigenvalue weighted by Crippen LogP contribution is -2.11. The molecule has 1 atom stereocenters. The van der Waals surface area contributed by atoms with Gasteiger partial charge < -0.3 is 10.8 Å². The zero-order valence-electron chi connectivity index (χ0n) is 8.18. The van der Waals surface area contributed by atoms with Gasteiger partial charge in [-0.2, -0.15) is 13.2 Å². The minimum atomic E-state index is -4.80. The van der Waals surface area contributed by atoms with Crippen LogP contribution in [0.3, 0.4) is 0 Å². The molecule has 0 spiro atoms. The van der Waals surface area contributed by atoms with E-state index in [9.17, 15) is 22.7 Å². The number of hydrogen-bond donors (Lipinski definition) is 2. The monoisotopic (exact) mass is 259 g/mol. The molecule has 1 aromatic carbocycles. The molecule has 0 saturated carbocycles. The van der Waals surface area contributed by atoms with Gasteiger partial charge in [-0.15, -0.1) is 12.4 Å². The first-order valence-corrected chi connectivity index (χ1v) is 4.08. The molecule has 0 aliphatic carbocycles. The molecule has 0 unspecified atom stereocenters. The molecule has 2 nitrogen and oxygen atoms in total. The molecule has 16 heavy (non-hydrogen) atoms. The summed E-state index contributed by atoms with van der Waals surface area (Å²) in [6.07, 6.45) is -4.80. The van der Waals surface area contributed by atoms with Crippen LogP contribution in [0, 0.1) is 5.82 Å². The zero-order valence-corrected chi connectivity index (χ0v) is 8.99. The lowest BCUT2D eigenvalue weighted by atomic mass is 10.0. The quantitative estimate of drug-likeness (QED) is 0.762. The number of nitrogens with two attached hydrogens (primary N) is 1. The number of halogens is 5. The number of phenols is 1. The molecule has 0 aliphatic rings. The van der Waals surface area contributed by atoms with Crippen molar-refractivity contribution < 1.29 is 22.7 Å². The SMILES string of the molecule is C[C@@H](N)c1cc(F)cc(C(F)(F)F)c1O.Cl. The fourth-order valence-corrected chi connectivity index (χ4v) is 1.18. The second-order valence-electron chi connectivity index (χ2n) is 3.18. The van der Waals surface area contributed by atoms with Crippen LogP contribution >= 0.6 is 12.4 Å². The number of hydrogen-bond acceptors (Lipinski definition) is 2. The molecule has 0 aromatic heterocycles. The summed E-state index contributed by atoms with van der Waals surface area (Å²) in [6.45, 7) is 1.36. The fraction of sp³-hybridized carbons (Fsp3) is 0.333. The molecule has 0 aliphatic heterocycles. The van der Waals surface area contributed by atoms with Crippen LogP contribution in [-0.4, -0.2) is 5.11 Å². The van der Waals surface area contributed by atoms with Crippen LogP contribution in [0.4, 0.5) is 17.6 Å². The predicted octanol–water partition coefficient (Wildman–Crippen LogP) is 2.99. The average Bonchev–Trinajstić information content (AvgIpc) is 2.06. The third-order valence-electron chi connectivity index (χ3n) is 1.90. The Kier molecular flexibility index (Phi) is 4.57. The standard InChI is InChI=1S/C9H9F4NO.ClH/c1-4(14)6-2-5(10)3-7(8(6)15)9(11,12)13;/h2-4,15H,14H2,1H3;1H/t4-;/m1./s1. The lowest BCUT2D eigenvalue weighted by Gasteiger charge is -2.14. The Morgan fingerprint density at radius 1 is 1.31 bits per heavy atom.